The van der Waals surface area contributed by atoms with Crippen LogP contribution >= 0.6 is 23.3 Å². The van der Waals surface area contributed by atoms with Crippen molar-refractivity contribution in [1.82, 2.24) is 30.2 Å². The molecule has 10 nitrogen and oxygen atoms in total. The number of nitrogens with one attached hydrogen (secondary N) is 2. The highest BCUT2D eigenvalue weighted by atomic mass is 32.2. The van der Waals surface area contributed by atoms with Gasteiger partial charge in [0, 0.05) is 55.7 Å². The average Bonchev–Trinajstić information content (AvgIpc) is 3.62. The lowest BCUT2D eigenvalue weighted by Gasteiger charge is -2.26. The highest BCUT2D eigenvalue weighted by molar-refractivity contribution is 8.01. The first kappa shape index (κ1) is 26.3. The number of ether oxygens (including phenoxy) is 2. The van der Waals surface area contributed by atoms with Crippen LogP contribution in [0.25, 0.3) is 10.6 Å². The van der Waals surface area contributed by atoms with E-state index < -0.39 is 0 Å². The fraction of sp³-hybridized carbons (Fsp3) is 0.458. The molecule has 12 heteroatoms. The fourth-order valence-electron chi connectivity index (χ4n) is 3.17. The van der Waals surface area contributed by atoms with Crippen LogP contribution in [0.1, 0.15) is 29.6 Å². The molecule has 4 heterocycles. The van der Waals surface area contributed by atoms with Gasteiger partial charge in [-0.25, -0.2) is 9.97 Å². The molecule has 2 fully saturated rings. The molecule has 0 spiro atoms. The van der Waals surface area contributed by atoms with Crippen LogP contribution in [0, 0.1) is 0 Å². The van der Waals surface area contributed by atoms with E-state index in [1.807, 2.05) is 31.0 Å². The summed E-state index contributed by atoms with van der Waals surface area (Å²) in [4.78, 5) is 31.9. The minimum atomic E-state index is -0.168. The van der Waals surface area contributed by atoms with Gasteiger partial charge in [0.25, 0.3) is 5.91 Å². The van der Waals surface area contributed by atoms with Crippen LogP contribution in [0.4, 0.5) is 5.69 Å². The summed E-state index contributed by atoms with van der Waals surface area (Å²) in [5, 5.41) is 4.18. The number of rotatable bonds is 10. The molecule has 1 amide bonds. The zero-order chi connectivity index (χ0) is 25.0. The summed E-state index contributed by atoms with van der Waals surface area (Å²) in [6, 6.07) is 3.96. The minimum absolute atomic E-state index is 0.168. The van der Waals surface area contributed by atoms with Crippen molar-refractivity contribution in [3.8, 4) is 16.5 Å². The van der Waals surface area contributed by atoms with Gasteiger partial charge >= 0.3 is 0 Å². The van der Waals surface area contributed by atoms with E-state index in [0.717, 1.165) is 48.7 Å². The number of hydrogen-bond acceptors (Lipinski definition) is 11. The van der Waals surface area contributed by atoms with E-state index >= 15 is 0 Å². The summed E-state index contributed by atoms with van der Waals surface area (Å²) in [5.74, 6) is 0.295. The summed E-state index contributed by atoms with van der Waals surface area (Å²) in [5.41, 5.74) is 1.80. The van der Waals surface area contributed by atoms with Crippen LogP contribution in [0.15, 0.2) is 43.1 Å². The Morgan fingerprint density at radius 2 is 2.00 bits per heavy atom. The van der Waals surface area contributed by atoms with Crippen molar-refractivity contribution in [1.29, 1.82) is 0 Å². The Bertz CT molecular complexity index is 1080. The van der Waals surface area contributed by atoms with Gasteiger partial charge in [0.2, 0.25) is 5.88 Å². The third-order valence-electron chi connectivity index (χ3n) is 5.22. The number of aromatic nitrogens is 4. The largest absolute Gasteiger partial charge is 0.477 e. The quantitative estimate of drug-likeness (QED) is 0.379. The second-order valence-electron chi connectivity index (χ2n) is 8.07. The second-order valence-corrected chi connectivity index (χ2v) is 10.2. The maximum atomic E-state index is 12.2. The van der Waals surface area contributed by atoms with Gasteiger partial charge in [-0.3, -0.25) is 19.7 Å². The third kappa shape index (κ3) is 8.70. The number of carbonyl (C=O) groups excluding carboxylic acids is 1. The van der Waals surface area contributed by atoms with Gasteiger partial charge in [-0.1, -0.05) is 0 Å². The van der Waals surface area contributed by atoms with Crippen molar-refractivity contribution in [3.63, 3.8) is 0 Å². The smallest absolute Gasteiger partial charge is 0.280 e. The van der Waals surface area contributed by atoms with Crippen molar-refractivity contribution >= 4 is 34.9 Å². The number of hydrogen-bond donors (Lipinski definition) is 2. The van der Waals surface area contributed by atoms with Gasteiger partial charge in [-0.2, -0.15) is 0 Å². The minimum Gasteiger partial charge on any atom is -0.477 e. The second kappa shape index (κ2) is 14.1. The number of carbonyl (C=O) groups is 1. The predicted molar refractivity (Wildman–Crippen MR) is 142 cm³/mol. The molecular weight excluding hydrogens is 498 g/mol. The zero-order valence-electron chi connectivity index (χ0n) is 20.3. The molecule has 0 atom stereocenters. The van der Waals surface area contributed by atoms with Gasteiger partial charge in [-0.05, 0) is 43.8 Å². The number of anilines is 1. The van der Waals surface area contributed by atoms with E-state index in [1.54, 1.807) is 31.0 Å². The Morgan fingerprint density at radius 1 is 1.19 bits per heavy atom. The SMILES string of the molecule is CCOc1cncc(-c2cnc(C(=O)NCCN3CCOCC3)s2)n1.c1cc(NSC2CC2)ccn1. The fourth-order valence-corrected chi connectivity index (χ4v) is 4.76. The van der Waals surface area contributed by atoms with E-state index in [1.165, 1.54) is 24.2 Å². The van der Waals surface area contributed by atoms with Crippen LogP contribution in [0.3, 0.4) is 0 Å². The Morgan fingerprint density at radius 3 is 2.75 bits per heavy atom. The predicted octanol–water partition coefficient (Wildman–Crippen LogP) is 3.36. The summed E-state index contributed by atoms with van der Waals surface area (Å²) in [7, 11) is 0. The number of nitrogens with zero attached hydrogens (tertiary/aromatic N) is 5. The lowest BCUT2D eigenvalue weighted by molar-refractivity contribution is 0.0383. The molecule has 2 N–H and O–H groups in total. The Labute approximate surface area is 219 Å². The lowest BCUT2D eigenvalue weighted by Crippen LogP contribution is -2.41. The van der Waals surface area contributed by atoms with Gasteiger partial charge in [0.15, 0.2) is 5.01 Å². The van der Waals surface area contributed by atoms with E-state index in [0.29, 0.717) is 29.7 Å². The van der Waals surface area contributed by atoms with Gasteiger partial charge in [0.05, 0.1) is 37.1 Å². The molecule has 36 heavy (non-hydrogen) atoms. The molecule has 0 radical (unpaired) electrons. The molecule has 1 aliphatic heterocycles. The Kier molecular flexibility index (Phi) is 10.3. The zero-order valence-corrected chi connectivity index (χ0v) is 21.9. The molecule has 5 rings (SSSR count). The molecule has 0 aromatic carbocycles. The highest BCUT2D eigenvalue weighted by Crippen LogP contribution is 2.34. The van der Waals surface area contributed by atoms with Gasteiger partial charge < -0.3 is 19.5 Å². The molecule has 2 aliphatic rings. The lowest BCUT2D eigenvalue weighted by atomic mass is 10.4. The molecule has 0 unspecified atom stereocenters. The molecule has 1 saturated heterocycles. The van der Waals surface area contributed by atoms with Crippen LogP contribution in [-0.4, -0.2) is 82.0 Å². The molecule has 3 aromatic heterocycles. The van der Waals surface area contributed by atoms with Crippen LogP contribution in [0.5, 0.6) is 5.88 Å². The topological polar surface area (TPSA) is 114 Å². The molecule has 192 valence electrons. The first-order valence-corrected chi connectivity index (χ1v) is 13.7. The van der Waals surface area contributed by atoms with Crippen molar-refractivity contribution in [2.45, 2.75) is 25.0 Å². The first-order valence-electron chi connectivity index (χ1n) is 12.0. The number of amides is 1. The van der Waals surface area contributed by atoms with E-state index in [-0.39, 0.29) is 5.91 Å². The normalized spacial score (nSPS) is 15.5. The molecule has 3 aromatic rings. The summed E-state index contributed by atoms with van der Waals surface area (Å²) in [6.45, 7) is 7.15. The first-order chi connectivity index (χ1) is 17.7. The number of pyridine rings is 1. The summed E-state index contributed by atoms with van der Waals surface area (Å²) in [6.07, 6.45) is 11.2. The van der Waals surface area contributed by atoms with Crippen LogP contribution in [-0.2, 0) is 4.74 Å². The average molecular weight is 530 g/mol. The summed E-state index contributed by atoms with van der Waals surface area (Å²) < 4.78 is 13.9. The van der Waals surface area contributed by atoms with Gasteiger partial charge in [-0.15, -0.1) is 11.3 Å². The molecule has 0 bridgehead atoms. The standard InChI is InChI=1S/C16H21N5O3S.C8H10N2S/c1-2-24-14-11-17-9-12(20-14)13-10-19-16(25-13)15(22)18-3-4-21-5-7-23-8-6-21;1-2-8(1)11-10-7-3-5-9-6-4-7/h9-11H,2-8H2,1H3,(H,18,22);3-6,8H,1-2H2,(H,9,10). The molecule has 1 aliphatic carbocycles. The Hall–Kier alpha value is -2.80. The molecular formula is C24H31N7O3S2. The van der Waals surface area contributed by atoms with Crippen molar-refractivity contribution in [2.75, 3.05) is 50.7 Å². The third-order valence-corrected chi connectivity index (χ3v) is 7.40. The van der Waals surface area contributed by atoms with Crippen molar-refractivity contribution < 1.29 is 14.3 Å². The number of morpholine rings is 1. The maximum absolute atomic E-state index is 12.2. The molecule has 1 saturated carbocycles. The summed E-state index contributed by atoms with van der Waals surface area (Å²) >= 11 is 3.11. The van der Waals surface area contributed by atoms with E-state index in [4.69, 9.17) is 9.47 Å². The van der Waals surface area contributed by atoms with Crippen molar-refractivity contribution in [3.05, 3.63) is 48.1 Å². The monoisotopic (exact) mass is 529 g/mol. The maximum Gasteiger partial charge on any atom is 0.280 e. The van der Waals surface area contributed by atoms with Crippen LogP contribution < -0.4 is 14.8 Å². The Balaban J connectivity index is 0.000000229. The van der Waals surface area contributed by atoms with Crippen LogP contribution in [0.2, 0.25) is 0 Å². The highest BCUT2D eigenvalue weighted by Gasteiger charge is 2.21. The van der Waals surface area contributed by atoms with E-state index in [2.05, 4.69) is 34.9 Å². The van der Waals surface area contributed by atoms with Crippen molar-refractivity contribution in [2.24, 2.45) is 0 Å². The number of thiazole rings is 1. The van der Waals surface area contributed by atoms with E-state index in [9.17, 15) is 4.79 Å². The van der Waals surface area contributed by atoms with Gasteiger partial charge in [0.1, 0.15) is 5.69 Å².